The minimum absolute atomic E-state index is 0.272. The molecule has 2 aromatic rings. The van der Waals surface area contributed by atoms with Crippen LogP contribution in [0.3, 0.4) is 0 Å². The lowest BCUT2D eigenvalue weighted by Crippen LogP contribution is -2.22. The molecular weight excluding hydrogens is 327 g/mol. The third-order valence-electron chi connectivity index (χ3n) is 4.27. The molecule has 0 spiro atoms. The summed E-state index contributed by atoms with van der Waals surface area (Å²) in [6.07, 6.45) is 2.60. The second-order valence-corrected chi connectivity index (χ2v) is 8.36. The van der Waals surface area contributed by atoms with E-state index in [1.54, 1.807) is 12.1 Å². The van der Waals surface area contributed by atoms with Crippen molar-refractivity contribution in [2.75, 3.05) is 14.1 Å². The number of fused-ring (bicyclic) bond motifs is 1. The van der Waals surface area contributed by atoms with Crippen molar-refractivity contribution in [1.82, 2.24) is 9.29 Å². The number of nitrogens with zero attached hydrogens (tertiary/aromatic N) is 2. The van der Waals surface area contributed by atoms with Gasteiger partial charge in [0, 0.05) is 14.1 Å². The Hall–Kier alpha value is -2.05. The standard InChI is InChI=1S/C18H19FN2O2S/c1-12-8-14-10-15(19)11-20-18(14)17(12)9-13-4-6-16(7-5-13)24(22,23)21(2)3/h4-7,10-11H,8-9H2,1-3H3. The Morgan fingerprint density at radius 2 is 1.88 bits per heavy atom. The second-order valence-electron chi connectivity index (χ2n) is 6.21. The quantitative estimate of drug-likeness (QED) is 0.855. The largest absolute Gasteiger partial charge is 0.253 e. The van der Waals surface area contributed by atoms with Crippen LogP contribution in [0.2, 0.25) is 0 Å². The van der Waals surface area contributed by atoms with E-state index in [2.05, 4.69) is 4.98 Å². The smallest absolute Gasteiger partial charge is 0.242 e. The molecule has 0 N–H and O–H groups in total. The van der Waals surface area contributed by atoms with Gasteiger partial charge in [-0.05, 0) is 54.7 Å². The molecule has 0 fully saturated rings. The first kappa shape index (κ1) is 16.8. The Balaban J connectivity index is 1.87. The summed E-state index contributed by atoms with van der Waals surface area (Å²) in [5, 5.41) is 0. The maximum absolute atomic E-state index is 13.3. The maximum Gasteiger partial charge on any atom is 0.242 e. The summed E-state index contributed by atoms with van der Waals surface area (Å²) >= 11 is 0. The average Bonchev–Trinajstić information content (AvgIpc) is 2.82. The van der Waals surface area contributed by atoms with E-state index in [0.717, 1.165) is 22.4 Å². The van der Waals surface area contributed by atoms with Gasteiger partial charge in [-0.15, -0.1) is 0 Å². The zero-order valence-corrected chi connectivity index (χ0v) is 14.7. The molecule has 1 heterocycles. The van der Waals surface area contributed by atoms with Crippen LogP contribution in [0.5, 0.6) is 0 Å². The first-order valence-electron chi connectivity index (χ1n) is 7.64. The summed E-state index contributed by atoms with van der Waals surface area (Å²) in [4.78, 5) is 4.50. The van der Waals surface area contributed by atoms with E-state index in [4.69, 9.17) is 0 Å². The van der Waals surface area contributed by atoms with Crippen LogP contribution >= 0.6 is 0 Å². The number of aromatic nitrogens is 1. The lowest BCUT2D eigenvalue weighted by Gasteiger charge is -2.12. The molecule has 0 bridgehead atoms. The lowest BCUT2D eigenvalue weighted by molar-refractivity contribution is 0.520. The van der Waals surface area contributed by atoms with Crippen molar-refractivity contribution in [1.29, 1.82) is 0 Å². The molecule has 4 nitrogen and oxygen atoms in total. The number of hydrogen-bond acceptors (Lipinski definition) is 3. The first-order chi connectivity index (χ1) is 11.3. The number of hydrogen-bond donors (Lipinski definition) is 0. The summed E-state index contributed by atoms with van der Waals surface area (Å²) in [6.45, 7) is 2.03. The molecule has 0 aliphatic heterocycles. The van der Waals surface area contributed by atoms with Crippen LogP contribution in [-0.4, -0.2) is 31.8 Å². The van der Waals surface area contributed by atoms with E-state index < -0.39 is 10.0 Å². The number of sulfonamides is 1. The van der Waals surface area contributed by atoms with E-state index in [1.807, 2.05) is 19.1 Å². The number of benzene rings is 1. The molecule has 1 aliphatic rings. The Morgan fingerprint density at radius 1 is 1.21 bits per heavy atom. The highest BCUT2D eigenvalue weighted by molar-refractivity contribution is 7.89. The molecule has 0 saturated carbocycles. The minimum Gasteiger partial charge on any atom is -0.253 e. The molecule has 0 atom stereocenters. The predicted octanol–water partition coefficient (Wildman–Crippen LogP) is 3.04. The molecule has 24 heavy (non-hydrogen) atoms. The van der Waals surface area contributed by atoms with Gasteiger partial charge in [-0.3, -0.25) is 4.98 Å². The molecule has 0 amide bonds. The molecule has 6 heteroatoms. The fourth-order valence-corrected chi connectivity index (χ4v) is 3.81. The summed E-state index contributed by atoms with van der Waals surface area (Å²) in [5.41, 5.74) is 5.02. The van der Waals surface area contributed by atoms with Gasteiger partial charge in [0.1, 0.15) is 5.82 Å². The number of allylic oxidation sites excluding steroid dienone is 2. The zero-order valence-electron chi connectivity index (χ0n) is 13.9. The fourth-order valence-electron chi connectivity index (χ4n) is 2.91. The Kier molecular flexibility index (Phi) is 4.27. The van der Waals surface area contributed by atoms with E-state index in [9.17, 15) is 12.8 Å². The summed E-state index contributed by atoms with van der Waals surface area (Å²) < 4.78 is 38.7. The van der Waals surface area contributed by atoms with Gasteiger partial charge in [0.2, 0.25) is 10.0 Å². The first-order valence-corrected chi connectivity index (χ1v) is 9.08. The van der Waals surface area contributed by atoms with Gasteiger partial charge in [0.05, 0.1) is 16.8 Å². The Labute approximate surface area is 141 Å². The highest BCUT2D eigenvalue weighted by Crippen LogP contribution is 2.33. The van der Waals surface area contributed by atoms with Crippen molar-refractivity contribution in [3.8, 4) is 0 Å². The van der Waals surface area contributed by atoms with E-state index in [0.29, 0.717) is 12.8 Å². The zero-order chi connectivity index (χ0) is 17.5. The van der Waals surface area contributed by atoms with Crippen molar-refractivity contribution in [2.24, 2.45) is 0 Å². The summed E-state index contributed by atoms with van der Waals surface area (Å²) in [5.74, 6) is -0.318. The van der Waals surface area contributed by atoms with Crippen LogP contribution in [0.1, 0.15) is 23.7 Å². The maximum atomic E-state index is 13.3. The van der Waals surface area contributed by atoms with Crippen LogP contribution in [0.4, 0.5) is 4.39 Å². The van der Waals surface area contributed by atoms with Crippen molar-refractivity contribution >= 4 is 15.6 Å². The number of rotatable bonds is 4. The molecular formula is C18H19FN2O2S. The highest BCUT2D eigenvalue weighted by Gasteiger charge is 2.22. The Morgan fingerprint density at radius 3 is 2.50 bits per heavy atom. The molecule has 0 unspecified atom stereocenters. The van der Waals surface area contributed by atoms with Crippen molar-refractivity contribution in [2.45, 2.75) is 24.7 Å². The molecule has 0 radical (unpaired) electrons. The molecule has 1 aromatic heterocycles. The van der Waals surface area contributed by atoms with Crippen molar-refractivity contribution in [3.63, 3.8) is 0 Å². The molecule has 0 saturated heterocycles. The lowest BCUT2D eigenvalue weighted by atomic mass is 10.0. The third-order valence-corrected chi connectivity index (χ3v) is 6.10. The van der Waals surface area contributed by atoms with Crippen LogP contribution in [0.25, 0.3) is 5.57 Å². The van der Waals surface area contributed by atoms with E-state index in [-0.39, 0.29) is 10.7 Å². The molecule has 1 aromatic carbocycles. The van der Waals surface area contributed by atoms with Gasteiger partial charge in [0.25, 0.3) is 0 Å². The number of pyridine rings is 1. The van der Waals surface area contributed by atoms with Gasteiger partial charge in [-0.1, -0.05) is 17.7 Å². The Bertz CT molecular complexity index is 917. The highest BCUT2D eigenvalue weighted by atomic mass is 32.2. The normalized spacial score (nSPS) is 14.4. The van der Waals surface area contributed by atoms with Crippen LogP contribution in [-0.2, 0) is 22.9 Å². The average molecular weight is 346 g/mol. The topological polar surface area (TPSA) is 50.3 Å². The number of halogens is 1. The summed E-state index contributed by atoms with van der Waals surface area (Å²) in [6, 6.07) is 8.41. The van der Waals surface area contributed by atoms with Gasteiger partial charge in [-0.25, -0.2) is 17.1 Å². The summed E-state index contributed by atoms with van der Waals surface area (Å²) in [7, 11) is -0.395. The second kappa shape index (κ2) is 6.11. The van der Waals surface area contributed by atoms with Crippen molar-refractivity contribution < 1.29 is 12.8 Å². The predicted molar refractivity (Wildman–Crippen MR) is 91.5 cm³/mol. The van der Waals surface area contributed by atoms with Crippen LogP contribution < -0.4 is 0 Å². The van der Waals surface area contributed by atoms with Gasteiger partial charge in [0.15, 0.2) is 0 Å². The van der Waals surface area contributed by atoms with Crippen LogP contribution in [0, 0.1) is 5.82 Å². The van der Waals surface area contributed by atoms with Gasteiger partial charge >= 0.3 is 0 Å². The fraction of sp³-hybridized carbons (Fsp3) is 0.278. The molecule has 126 valence electrons. The van der Waals surface area contributed by atoms with Gasteiger partial charge in [-0.2, -0.15) is 0 Å². The van der Waals surface area contributed by atoms with E-state index >= 15 is 0 Å². The molecule has 1 aliphatic carbocycles. The van der Waals surface area contributed by atoms with E-state index in [1.165, 1.54) is 36.2 Å². The van der Waals surface area contributed by atoms with Crippen molar-refractivity contribution in [3.05, 3.63) is 64.7 Å². The monoisotopic (exact) mass is 346 g/mol. The third kappa shape index (κ3) is 2.99. The van der Waals surface area contributed by atoms with Gasteiger partial charge < -0.3 is 0 Å². The van der Waals surface area contributed by atoms with Crippen LogP contribution in [0.15, 0.2) is 47.0 Å². The molecule has 3 rings (SSSR count). The SMILES string of the molecule is CC1=C(Cc2ccc(S(=O)(=O)N(C)C)cc2)c2ncc(F)cc2C1. The minimum atomic E-state index is -3.42.